The van der Waals surface area contributed by atoms with Gasteiger partial charge in [0, 0.05) is 47.0 Å². The Balaban J connectivity index is 1.51. The second kappa shape index (κ2) is 9.17. The van der Waals surface area contributed by atoms with Crippen LogP contribution in [0.25, 0.3) is 28.1 Å². The van der Waals surface area contributed by atoms with Crippen LogP contribution in [0.3, 0.4) is 0 Å². The molecule has 0 radical (unpaired) electrons. The summed E-state index contributed by atoms with van der Waals surface area (Å²) in [5.74, 6) is -2.56. The fourth-order valence-corrected chi connectivity index (χ4v) is 5.19. The van der Waals surface area contributed by atoms with Crippen molar-refractivity contribution in [2.45, 2.75) is 57.2 Å². The normalized spacial score (nSPS) is 17.6. The van der Waals surface area contributed by atoms with Gasteiger partial charge in [-0.05, 0) is 57.9 Å². The Morgan fingerprint density at radius 2 is 1.92 bits per heavy atom. The smallest absolute Gasteiger partial charge is 0.251 e. The lowest BCUT2D eigenvalue weighted by Crippen LogP contribution is -2.48. The molecule has 1 aliphatic carbocycles. The minimum atomic E-state index is -2.69. The summed E-state index contributed by atoms with van der Waals surface area (Å²) in [6.45, 7) is 7.45. The molecule has 5 rings (SSSR count). The zero-order valence-corrected chi connectivity index (χ0v) is 21.4. The van der Waals surface area contributed by atoms with Gasteiger partial charge >= 0.3 is 0 Å². The average molecular weight is 511 g/mol. The molecule has 2 atom stereocenters. The Kier molecular flexibility index (Phi) is 6.30. The van der Waals surface area contributed by atoms with Crippen LogP contribution in [0.2, 0.25) is 0 Å². The zero-order valence-electron chi connectivity index (χ0n) is 20.6. The quantitative estimate of drug-likeness (QED) is 0.353. The van der Waals surface area contributed by atoms with Gasteiger partial charge in [-0.1, -0.05) is 18.2 Å². The second-order valence-electron chi connectivity index (χ2n) is 10.3. The van der Waals surface area contributed by atoms with Gasteiger partial charge < -0.3 is 4.55 Å². The van der Waals surface area contributed by atoms with Crippen LogP contribution in [0.4, 0.5) is 8.78 Å². The number of benzene rings is 1. The van der Waals surface area contributed by atoms with Crippen molar-refractivity contribution in [1.82, 2.24) is 29.5 Å². The van der Waals surface area contributed by atoms with Crippen molar-refractivity contribution in [1.29, 1.82) is 0 Å². The molecule has 3 aromatic heterocycles. The summed E-state index contributed by atoms with van der Waals surface area (Å²) in [5, 5.41) is 5.38. The third kappa shape index (κ3) is 4.98. The van der Waals surface area contributed by atoms with Crippen molar-refractivity contribution in [3.63, 3.8) is 0 Å². The summed E-state index contributed by atoms with van der Waals surface area (Å²) in [7, 11) is 0. The fourth-order valence-electron chi connectivity index (χ4n) is 4.29. The molecule has 36 heavy (non-hydrogen) atoms. The highest BCUT2D eigenvalue weighted by atomic mass is 32.2. The first-order valence-electron chi connectivity index (χ1n) is 11.8. The number of halogens is 2. The van der Waals surface area contributed by atoms with E-state index in [1.54, 1.807) is 23.1 Å². The van der Waals surface area contributed by atoms with Crippen LogP contribution in [0.1, 0.15) is 51.0 Å². The van der Waals surface area contributed by atoms with Crippen LogP contribution in [-0.4, -0.2) is 40.0 Å². The number of nitrogens with zero attached hydrogens (tertiary/aromatic N) is 5. The number of aryl methyl sites for hydroxylation is 1. The number of fused-ring (bicyclic) bond motifs is 1. The van der Waals surface area contributed by atoms with Crippen molar-refractivity contribution in [3.05, 3.63) is 66.2 Å². The molecule has 0 bridgehead atoms. The Labute approximate surface area is 211 Å². The highest BCUT2D eigenvalue weighted by molar-refractivity contribution is 7.90. The van der Waals surface area contributed by atoms with E-state index in [0.717, 1.165) is 22.2 Å². The third-order valence-electron chi connectivity index (χ3n) is 6.31. The van der Waals surface area contributed by atoms with Gasteiger partial charge in [-0.15, -0.1) is 4.72 Å². The van der Waals surface area contributed by atoms with Crippen molar-refractivity contribution in [2.75, 3.05) is 0 Å². The second-order valence-corrected chi connectivity index (χ2v) is 12.3. The lowest BCUT2D eigenvalue weighted by molar-refractivity contribution is -0.118. The largest absolute Gasteiger partial charge is 0.598 e. The van der Waals surface area contributed by atoms with Gasteiger partial charge in [0.05, 0.1) is 29.1 Å². The Hall–Kier alpha value is -2.95. The summed E-state index contributed by atoms with van der Waals surface area (Å²) in [6.07, 6.45) is 2.95. The van der Waals surface area contributed by atoms with Gasteiger partial charge in [-0.25, -0.2) is 18.7 Å². The van der Waals surface area contributed by atoms with Gasteiger partial charge in [0.15, 0.2) is 0 Å². The maximum atomic E-state index is 13.8. The van der Waals surface area contributed by atoms with E-state index < -0.39 is 28.1 Å². The van der Waals surface area contributed by atoms with E-state index in [0.29, 0.717) is 17.3 Å². The summed E-state index contributed by atoms with van der Waals surface area (Å²) in [4.78, 5) is 13.7. The zero-order chi connectivity index (χ0) is 25.7. The number of rotatable bonds is 6. The van der Waals surface area contributed by atoms with E-state index in [-0.39, 0.29) is 18.8 Å². The van der Waals surface area contributed by atoms with Crippen LogP contribution in [0.15, 0.2) is 54.9 Å². The lowest BCUT2D eigenvalue weighted by atomic mass is 9.75. The number of hydrogen-bond donors (Lipinski definition) is 1. The van der Waals surface area contributed by atoms with E-state index in [4.69, 9.17) is 4.98 Å². The minimum Gasteiger partial charge on any atom is -0.598 e. The van der Waals surface area contributed by atoms with Crippen molar-refractivity contribution in [3.8, 4) is 17.2 Å². The lowest BCUT2D eigenvalue weighted by Gasteiger charge is -2.40. The monoisotopic (exact) mass is 510 g/mol. The first kappa shape index (κ1) is 24.7. The molecular formula is C26H28F2N6OS. The van der Waals surface area contributed by atoms with Crippen molar-refractivity contribution < 1.29 is 13.3 Å². The maximum Gasteiger partial charge on any atom is 0.251 e. The average Bonchev–Trinajstić information content (AvgIpc) is 3.23. The van der Waals surface area contributed by atoms with Crippen molar-refractivity contribution in [2.24, 2.45) is 5.92 Å². The summed E-state index contributed by atoms with van der Waals surface area (Å²) in [6, 6.07) is 12.7. The van der Waals surface area contributed by atoms with E-state index in [9.17, 15) is 13.3 Å². The van der Waals surface area contributed by atoms with Gasteiger partial charge in [0.1, 0.15) is 4.75 Å². The Bertz CT molecular complexity index is 1390. The molecule has 1 aliphatic rings. The molecule has 0 amide bonds. The van der Waals surface area contributed by atoms with Gasteiger partial charge in [0.2, 0.25) is 5.92 Å². The maximum absolute atomic E-state index is 13.8. The van der Waals surface area contributed by atoms with E-state index >= 15 is 0 Å². The predicted octanol–water partition coefficient (Wildman–Crippen LogP) is 5.32. The molecule has 0 spiro atoms. The Morgan fingerprint density at radius 3 is 2.61 bits per heavy atom. The minimum absolute atomic E-state index is 0.250. The molecule has 3 heterocycles. The van der Waals surface area contributed by atoms with Gasteiger partial charge in [-0.2, -0.15) is 9.78 Å². The predicted molar refractivity (Wildman–Crippen MR) is 136 cm³/mol. The summed E-state index contributed by atoms with van der Waals surface area (Å²) >= 11 is -1.43. The first-order chi connectivity index (χ1) is 17.0. The molecule has 0 saturated heterocycles. The molecular weight excluding hydrogens is 482 g/mol. The highest BCUT2D eigenvalue weighted by Gasteiger charge is 2.50. The molecule has 188 valence electrons. The molecule has 10 heteroatoms. The Morgan fingerprint density at radius 1 is 1.14 bits per heavy atom. The highest BCUT2D eigenvalue weighted by Crippen LogP contribution is 2.48. The third-order valence-corrected chi connectivity index (χ3v) is 7.89. The summed E-state index contributed by atoms with van der Waals surface area (Å²) in [5.41, 5.74) is 3.79. The molecule has 1 fully saturated rings. The first-order valence-corrected chi connectivity index (χ1v) is 13.0. The van der Waals surface area contributed by atoms with Crippen LogP contribution < -0.4 is 4.72 Å². The molecule has 1 aromatic carbocycles. The van der Waals surface area contributed by atoms with Gasteiger partial charge in [-0.3, -0.25) is 4.98 Å². The molecule has 0 aliphatic heterocycles. The SMILES string of the molecule is Cc1ccnc(-n2ncc3ccc(-c4cccc([C@@H](N[S@+]([O-])C(C)(C)C)C5CC(F)(F)C5)n4)cc32)n1. The molecule has 0 unspecified atom stereocenters. The number of nitrogens with one attached hydrogen (secondary N) is 1. The number of aromatic nitrogens is 5. The van der Waals surface area contributed by atoms with Crippen LogP contribution >= 0.6 is 0 Å². The summed E-state index contributed by atoms with van der Waals surface area (Å²) < 4.78 is 44.6. The van der Waals surface area contributed by atoms with Gasteiger partial charge in [0.25, 0.3) is 5.95 Å². The van der Waals surface area contributed by atoms with E-state index in [1.807, 2.05) is 64.1 Å². The van der Waals surface area contributed by atoms with Crippen LogP contribution in [0.5, 0.6) is 0 Å². The standard InChI is InChI=1S/C26H28F2N6OS/c1-16-10-11-29-24(31-16)34-22-12-17(8-9-18(22)15-30-34)20-6-5-7-21(32-20)23(19-13-26(27,28)14-19)33-36(35)25(2,3)4/h5-12,15,19,23,33H,13-14H2,1-4H3/t23-,36+/m0/s1. The van der Waals surface area contributed by atoms with Crippen LogP contribution in [0, 0.1) is 12.8 Å². The fraction of sp³-hybridized carbons (Fsp3) is 0.385. The molecule has 4 aromatic rings. The number of pyridine rings is 1. The molecule has 7 nitrogen and oxygen atoms in total. The topological polar surface area (TPSA) is 91.6 Å². The van der Waals surface area contributed by atoms with E-state index in [2.05, 4.69) is 19.8 Å². The molecule has 1 N–H and O–H groups in total. The van der Waals surface area contributed by atoms with E-state index in [1.165, 1.54) is 0 Å². The van der Waals surface area contributed by atoms with Crippen molar-refractivity contribution >= 4 is 22.3 Å². The molecule has 1 saturated carbocycles. The van der Waals surface area contributed by atoms with Crippen LogP contribution in [-0.2, 0) is 11.4 Å². The number of alkyl halides is 2. The number of hydrogen-bond acceptors (Lipinski definition) is 6.